The van der Waals surface area contributed by atoms with Crippen molar-refractivity contribution in [1.82, 2.24) is 24.8 Å². The summed E-state index contributed by atoms with van der Waals surface area (Å²) in [5.74, 6) is 1.38. The van der Waals surface area contributed by atoms with Crippen molar-refractivity contribution in [3.8, 4) is 16.9 Å². The summed E-state index contributed by atoms with van der Waals surface area (Å²) < 4.78 is 1.71. The van der Waals surface area contributed by atoms with Crippen LogP contribution in [0.3, 0.4) is 0 Å². The van der Waals surface area contributed by atoms with E-state index in [0.29, 0.717) is 11.6 Å². The molecule has 1 atom stereocenters. The quantitative estimate of drug-likeness (QED) is 0.423. The lowest BCUT2D eigenvalue weighted by Gasteiger charge is -2.35. The van der Waals surface area contributed by atoms with Gasteiger partial charge in [-0.2, -0.15) is 4.98 Å². The highest BCUT2D eigenvalue weighted by atomic mass is 16.1. The van der Waals surface area contributed by atoms with E-state index in [9.17, 15) is 4.79 Å². The van der Waals surface area contributed by atoms with Crippen LogP contribution in [0.25, 0.3) is 28.0 Å². The van der Waals surface area contributed by atoms with Crippen molar-refractivity contribution in [2.75, 3.05) is 24.5 Å². The smallest absolute Gasteiger partial charge is 0.351 e. The van der Waals surface area contributed by atoms with Crippen LogP contribution in [0.15, 0.2) is 53.5 Å². The van der Waals surface area contributed by atoms with Crippen LogP contribution in [0.2, 0.25) is 0 Å². The highest BCUT2D eigenvalue weighted by molar-refractivity contribution is 5.91. The van der Waals surface area contributed by atoms with Crippen LogP contribution in [0.5, 0.6) is 0 Å². The van der Waals surface area contributed by atoms with Crippen molar-refractivity contribution in [2.24, 2.45) is 0 Å². The predicted molar refractivity (Wildman–Crippen MR) is 149 cm³/mol. The second-order valence-corrected chi connectivity index (χ2v) is 10.8. The van der Waals surface area contributed by atoms with E-state index in [1.54, 1.807) is 4.57 Å². The molecule has 6 rings (SSSR count). The van der Waals surface area contributed by atoms with E-state index in [1.165, 1.54) is 18.4 Å². The van der Waals surface area contributed by atoms with Gasteiger partial charge in [-0.15, -0.1) is 0 Å². The maximum Gasteiger partial charge on any atom is 0.355 e. The Bertz CT molecular complexity index is 1520. The number of aryl methyl sites for hydroxylation is 1. The normalized spacial score (nSPS) is 18.1. The van der Waals surface area contributed by atoms with Crippen LogP contribution in [-0.2, 0) is 0 Å². The topological polar surface area (TPSA) is 75.9 Å². The van der Waals surface area contributed by atoms with Crippen LogP contribution >= 0.6 is 0 Å². The van der Waals surface area contributed by atoms with Crippen LogP contribution in [0, 0.1) is 6.92 Å². The number of nitrogens with one attached hydrogen (secondary N) is 1. The van der Waals surface area contributed by atoms with Gasteiger partial charge in [0.05, 0.1) is 22.5 Å². The maximum absolute atomic E-state index is 14.0. The second-order valence-electron chi connectivity index (χ2n) is 10.8. The average molecular weight is 495 g/mol. The fourth-order valence-corrected chi connectivity index (χ4v) is 5.54. The highest BCUT2D eigenvalue weighted by Crippen LogP contribution is 2.45. The molecule has 190 valence electrons. The lowest BCUT2D eigenvalue weighted by Crippen LogP contribution is -2.50. The molecule has 0 unspecified atom stereocenters. The molecule has 7 nitrogen and oxygen atoms in total. The first-order chi connectivity index (χ1) is 17.9. The number of piperazine rings is 1. The van der Waals surface area contributed by atoms with Gasteiger partial charge in [0.25, 0.3) is 0 Å². The molecule has 2 aliphatic rings. The summed E-state index contributed by atoms with van der Waals surface area (Å²) in [7, 11) is 0. The molecule has 1 aliphatic heterocycles. The number of hydrogen-bond donors (Lipinski definition) is 1. The molecular formula is C30H34N6O. The van der Waals surface area contributed by atoms with E-state index in [1.807, 2.05) is 37.4 Å². The van der Waals surface area contributed by atoms with Crippen molar-refractivity contribution in [3.63, 3.8) is 0 Å². The third-order valence-corrected chi connectivity index (χ3v) is 7.64. The van der Waals surface area contributed by atoms with Crippen molar-refractivity contribution < 1.29 is 0 Å². The number of nitrogens with zero attached hydrogens (tertiary/aromatic N) is 5. The Kier molecular flexibility index (Phi) is 6.03. The zero-order chi connectivity index (χ0) is 25.7. The number of fused-ring (bicyclic) bond motifs is 1. The molecule has 0 amide bonds. The Morgan fingerprint density at radius 3 is 2.57 bits per heavy atom. The Morgan fingerprint density at radius 1 is 1.08 bits per heavy atom. The lowest BCUT2D eigenvalue weighted by molar-refractivity contribution is 0.497. The van der Waals surface area contributed by atoms with Gasteiger partial charge in [0.2, 0.25) is 0 Å². The molecule has 4 heterocycles. The number of pyridine rings is 2. The summed E-state index contributed by atoms with van der Waals surface area (Å²) in [6.45, 7) is 10.9. The fourth-order valence-electron chi connectivity index (χ4n) is 5.54. The van der Waals surface area contributed by atoms with Crippen molar-refractivity contribution in [1.29, 1.82) is 0 Å². The first-order valence-corrected chi connectivity index (χ1v) is 13.4. The molecule has 1 saturated carbocycles. The van der Waals surface area contributed by atoms with Gasteiger partial charge in [0.15, 0.2) is 5.65 Å². The number of rotatable bonds is 5. The first-order valence-electron chi connectivity index (χ1n) is 13.4. The molecule has 4 aromatic rings. The molecule has 0 radical (unpaired) electrons. The van der Waals surface area contributed by atoms with Gasteiger partial charge < -0.3 is 10.2 Å². The van der Waals surface area contributed by atoms with Crippen LogP contribution in [-0.4, -0.2) is 45.2 Å². The lowest BCUT2D eigenvalue weighted by atomic mass is 10.00. The van der Waals surface area contributed by atoms with E-state index in [2.05, 4.69) is 49.2 Å². The van der Waals surface area contributed by atoms with E-state index < -0.39 is 0 Å². The maximum atomic E-state index is 14.0. The second kappa shape index (κ2) is 9.38. The third kappa shape index (κ3) is 4.21. The van der Waals surface area contributed by atoms with Gasteiger partial charge in [-0.05, 0) is 61.8 Å². The van der Waals surface area contributed by atoms with Gasteiger partial charge in [0.1, 0.15) is 5.82 Å². The van der Waals surface area contributed by atoms with Crippen LogP contribution in [0.1, 0.15) is 62.3 Å². The average Bonchev–Trinajstić information content (AvgIpc) is 3.74. The van der Waals surface area contributed by atoms with Crippen molar-refractivity contribution in [2.45, 2.75) is 58.4 Å². The first kappa shape index (κ1) is 23.8. The highest BCUT2D eigenvalue weighted by Gasteiger charge is 2.31. The Labute approximate surface area is 217 Å². The van der Waals surface area contributed by atoms with Crippen LogP contribution in [0.4, 0.5) is 5.82 Å². The Hall–Kier alpha value is -3.58. The number of benzene rings is 1. The monoisotopic (exact) mass is 494 g/mol. The van der Waals surface area contributed by atoms with Gasteiger partial charge in [0, 0.05) is 37.4 Å². The fraction of sp³-hybridized carbons (Fsp3) is 0.400. The SMILES string of the molecule is Cc1ccnc(C(C)C)c1-n1c(=O)nc(N2CCNC[C@@H]2C)c2cc(C3CC3)c(-c3ccccc3)nc21. The molecular weight excluding hydrogens is 460 g/mol. The minimum atomic E-state index is -0.308. The van der Waals surface area contributed by atoms with Crippen molar-refractivity contribution >= 4 is 16.9 Å². The summed E-state index contributed by atoms with van der Waals surface area (Å²) in [5.41, 5.74) is 6.30. The van der Waals surface area contributed by atoms with E-state index in [0.717, 1.165) is 59.0 Å². The minimum absolute atomic E-state index is 0.143. The van der Waals surface area contributed by atoms with Crippen LogP contribution < -0.4 is 15.9 Å². The van der Waals surface area contributed by atoms with E-state index in [4.69, 9.17) is 15.0 Å². The number of aromatic nitrogens is 4. The molecule has 3 aromatic heterocycles. The largest absolute Gasteiger partial charge is 0.355 e. The molecule has 1 N–H and O–H groups in total. The predicted octanol–water partition coefficient (Wildman–Crippen LogP) is 4.95. The summed E-state index contributed by atoms with van der Waals surface area (Å²) >= 11 is 0. The zero-order valence-electron chi connectivity index (χ0n) is 22.0. The summed E-state index contributed by atoms with van der Waals surface area (Å²) in [4.78, 5) is 31.0. The Balaban J connectivity index is 1.73. The molecule has 0 bridgehead atoms. The van der Waals surface area contributed by atoms with Gasteiger partial charge in [-0.25, -0.2) is 14.3 Å². The molecule has 0 spiro atoms. The molecule has 37 heavy (non-hydrogen) atoms. The molecule has 7 heteroatoms. The summed E-state index contributed by atoms with van der Waals surface area (Å²) in [6, 6.07) is 14.8. The molecule has 1 saturated heterocycles. The zero-order valence-corrected chi connectivity index (χ0v) is 22.0. The van der Waals surface area contributed by atoms with Gasteiger partial charge in [-0.1, -0.05) is 44.2 Å². The van der Waals surface area contributed by atoms with E-state index in [-0.39, 0.29) is 17.6 Å². The Morgan fingerprint density at radius 2 is 1.86 bits per heavy atom. The standard InChI is InChI=1S/C30H34N6O/c1-18(2)25-27(19(3)12-13-32-25)36-29-24(28(34-30(36)37)35-15-14-31-17-20(35)4)16-23(21-10-11-21)26(33-29)22-8-6-5-7-9-22/h5-9,12-13,16,18,20-21,31H,10-11,14-15,17H2,1-4H3/t20-/m0/s1. The van der Waals surface area contributed by atoms with Gasteiger partial charge in [-0.3, -0.25) is 4.98 Å². The minimum Gasteiger partial charge on any atom is -0.351 e. The summed E-state index contributed by atoms with van der Waals surface area (Å²) in [5, 5.41) is 4.39. The molecule has 1 aromatic carbocycles. The number of anilines is 1. The molecule has 1 aliphatic carbocycles. The summed E-state index contributed by atoms with van der Waals surface area (Å²) in [6.07, 6.45) is 4.15. The number of hydrogen-bond acceptors (Lipinski definition) is 6. The van der Waals surface area contributed by atoms with Crippen molar-refractivity contribution in [3.05, 3.63) is 76.0 Å². The van der Waals surface area contributed by atoms with E-state index >= 15 is 0 Å². The van der Waals surface area contributed by atoms with Gasteiger partial charge >= 0.3 is 5.69 Å². The third-order valence-electron chi connectivity index (χ3n) is 7.64. The molecule has 2 fully saturated rings.